The molecule has 0 amide bonds. The standard InChI is InChI=1S/C23H20NO.ClH/c1-24(2)19-14-12-17(13-15-19)21-16-23(18-8-4-3-5-9-18)25-22-11-7-6-10-20(21)22;/h3-16H,1-2H3;1H/q+1;/p-1. The quantitative estimate of drug-likeness (QED) is 0.521. The first kappa shape index (κ1) is 18.0. The van der Waals surface area contributed by atoms with Crippen LogP contribution < -0.4 is 17.3 Å². The zero-order valence-corrected chi connectivity index (χ0v) is 15.6. The van der Waals surface area contributed by atoms with Gasteiger partial charge in [-0.1, -0.05) is 42.5 Å². The van der Waals surface area contributed by atoms with Gasteiger partial charge in [0.15, 0.2) is 0 Å². The molecule has 0 aliphatic rings. The van der Waals surface area contributed by atoms with Crippen molar-refractivity contribution in [2.45, 2.75) is 0 Å². The highest BCUT2D eigenvalue weighted by molar-refractivity contribution is 5.95. The van der Waals surface area contributed by atoms with E-state index >= 15 is 0 Å². The number of nitrogens with zero attached hydrogens (tertiary/aromatic N) is 1. The van der Waals surface area contributed by atoms with Crippen LogP contribution >= 0.6 is 0 Å². The van der Waals surface area contributed by atoms with Crippen molar-refractivity contribution in [2.75, 3.05) is 19.0 Å². The molecular formula is C23H20ClNO. The van der Waals surface area contributed by atoms with Gasteiger partial charge in [-0.2, -0.15) is 0 Å². The Morgan fingerprint density at radius 2 is 1.35 bits per heavy atom. The van der Waals surface area contributed by atoms with E-state index in [2.05, 4.69) is 73.6 Å². The molecule has 2 nitrogen and oxygen atoms in total. The van der Waals surface area contributed by atoms with Gasteiger partial charge in [0, 0.05) is 31.4 Å². The van der Waals surface area contributed by atoms with E-state index in [9.17, 15) is 0 Å². The second kappa shape index (κ2) is 7.59. The van der Waals surface area contributed by atoms with Gasteiger partial charge in [0.05, 0.1) is 17.0 Å². The Morgan fingerprint density at radius 3 is 2.04 bits per heavy atom. The van der Waals surface area contributed by atoms with Crippen LogP contribution in [-0.2, 0) is 0 Å². The zero-order chi connectivity index (χ0) is 17.2. The molecule has 0 N–H and O–H groups in total. The molecular weight excluding hydrogens is 342 g/mol. The van der Waals surface area contributed by atoms with Crippen LogP contribution in [0.4, 0.5) is 5.69 Å². The molecule has 0 atom stereocenters. The number of hydrogen-bond acceptors (Lipinski definition) is 1. The smallest absolute Gasteiger partial charge is 0.361 e. The minimum absolute atomic E-state index is 0. The summed E-state index contributed by atoms with van der Waals surface area (Å²) in [5, 5.41) is 1.12. The molecule has 4 rings (SSSR count). The Labute approximate surface area is 160 Å². The van der Waals surface area contributed by atoms with E-state index in [-0.39, 0.29) is 12.4 Å². The van der Waals surface area contributed by atoms with Crippen LogP contribution in [0.1, 0.15) is 0 Å². The van der Waals surface area contributed by atoms with E-state index in [1.54, 1.807) is 0 Å². The van der Waals surface area contributed by atoms with E-state index < -0.39 is 0 Å². The van der Waals surface area contributed by atoms with Crippen LogP contribution in [0.3, 0.4) is 0 Å². The molecule has 0 aliphatic heterocycles. The maximum absolute atomic E-state index is 6.16. The summed E-state index contributed by atoms with van der Waals surface area (Å²) in [7, 11) is 4.11. The number of hydrogen-bond donors (Lipinski definition) is 0. The molecule has 0 saturated carbocycles. The number of para-hydroxylation sites is 1. The average molecular weight is 362 g/mol. The number of rotatable bonds is 3. The molecule has 0 radical (unpaired) electrons. The Morgan fingerprint density at radius 1 is 0.692 bits per heavy atom. The predicted molar refractivity (Wildman–Crippen MR) is 106 cm³/mol. The van der Waals surface area contributed by atoms with E-state index in [0.29, 0.717) is 0 Å². The summed E-state index contributed by atoms with van der Waals surface area (Å²) in [4.78, 5) is 2.11. The summed E-state index contributed by atoms with van der Waals surface area (Å²) in [6, 6.07) is 29.2. The number of fused-ring (bicyclic) bond motifs is 1. The predicted octanol–water partition coefficient (Wildman–Crippen LogP) is 3.12. The van der Waals surface area contributed by atoms with E-state index in [1.807, 2.05) is 30.3 Å². The zero-order valence-electron chi connectivity index (χ0n) is 14.8. The molecule has 130 valence electrons. The van der Waals surface area contributed by atoms with Crippen molar-refractivity contribution in [3.05, 3.63) is 84.9 Å². The van der Waals surface area contributed by atoms with Gasteiger partial charge >= 0.3 is 11.3 Å². The summed E-state index contributed by atoms with van der Waals surface area (Å²) in [5.74, 6) is 0.881. The molecule has 4 aromatic rings. The van der Waals surface area contributed by atoms with Crippen molar-refractivity contribution in [3.63, 3.8) is 0 Å². The number of benzene rings is 3. The molecule has 0 spiro atoms. The topological polar surface area (TPSA) is 14.5 Å². The van der Waals surface area contributed by atoms with Gasteiger partial charge in [0.25, 0.3) is 0 Å². The summed E-state index contributed by atoms with van der Waals surface area (Å²) < 4.78 is 6.16. The lowest BCUT2D eigenvalue weighted by molar-refractivity contribution is -0.00000539. The monoisotopic (exact) mass is 361 g/mol. The van der Waals surface area contributed by atoms with Crippen molar-refractivity contribution in [2.24, 2.45) is 0 Å². The first-order valence-corrected chi connectivity index (χ1v) is 8.41. The average Bonchev–Trinajstić information content (AvgIpc) is 2.68. The van der Waals surface area contributed by atoms with Crippen molar-refractivity contribution in [1.29, 1.82) is 0 Å². The van der Waals surface area contributed by atoms with Gasteiger partial charge in [-0.3, -0.25) is 0 Å². The largest absolute Gasteiger partial charge is 1.00 e. The van der Waals surface area contributed by atoms with Gasteiger partial charge < -0.3 is 17.3 Å². The number of halogens is 1. The second-order valence-electron chi connectivity index (χ2n) is 6.33. The van der Waals surface area contributed by atoms with E-state index in [4.69, 9.17) is 4.42 Å². The Bertz CT molecular complexity index is 1010. The molecule has 1 heterocycles. The molecule has 3 aromatic carbocycles. The third kappa shape index (κ3) is 3.42. The second-order valence-corrected chi connectivity index (χ2v) is 6.33. The van der Waals surface area contributed by atoms with Crippen LogP contribution in [0.5, 0.6) is 0 Å². The van der Waals surface area contributed by atoms with Crippen molar-refractivity contribution < 1.29 is 16.8 Å². The Hall–Kier alpha value is -2.84. The maximum atomic E-state index is 6.16. The van der Waals surface area contributed by atoms with Crippen LogP contribution in [0, 0.1) is 0 Å². The molecule has 26 heavy (non-hydrogen) atoms. The highest BCUT2D eigenvalue weighted by atomic mass is 35.5. The third-order valence-electron chi connectivity index (χ3n) is 4.43. The SMILES string of the molecule is CN(C)c1ccc(-c2cc(-c3ccccc3)[o+]c3ccccc23)cc1.[Cl-]. The molecule has 0 fully saturated rings. The van der Waals surface area contributed by atoms with Gasteiger partial charge in [0.1, 0.15) is 0 Å². The third-order valence-corrected chi connectivity index (χ3v) is 4.43. The van der Waals surface area contributed by atoms with Gasteiger partial charge in [-0.05, 0) is 35.9 Å². The highest BCUT2D eigenvalue weighted by Crippen LogP contribution is 2.34. The van der Waals surface area contributed by atoms with Crippen LogP contribution in [0.25, 0.3) is 33.4 Å². The summed E-state index contributed by atoms with van der Waals surface area (Å²) >= 11 is 0. The molecule has 0 unspecified atom stereocenters. The van der Waals surface area contributed by atoms with Crippen molar-refractivity contribution >= 4 is 16.7 Å². The summed E-state index contributed by atoms with van der Waals surface area (Å²) in [5.41, 5.74) is 5.55. The fourth-order valence-electron chi connectivity index (χ4n) is 3.06. The lowest BCUT2D eigenvalue weighted by Crippen LogP contribution is -3.00. The van der Waals surface area contributed by atoms with Gasteiger partial charge in [-0.15, -0.1) is 0 Å². The summed E-state index contributed by atoms with van der Waals surface area (Å²) in [6.45, 7) is 0. The summed E-state index contributed by atoms with van der Waals surface area (Å²) in [6.07, 6.45) is 0. The molecule has 0 bridgehead atoms. The molecule has 0 aliphatic carbocycles. The van der Waals surface area contributed by atoms with Crippen molar-refractivity contribution in [1.82, 2.24) is 0 Å². The number of anilines is 1. The van der Waals surface area contributed by atoms with E-state index in [0.717, 1.165) is 22.3 Å². The lowest BCUT2D eigenvalue weighted by Gasteiger charge is -2.12. The minimum atomic E-state index is 0. The first-order valence-electron chi connectivity index (χ1n) is 8.41. The maximum Gasteiger partial charge on any atom is 0.361 e. The van der Waals surface area contributed by atoms with Gasteiger partial charge in [0.2, 0.25) is 0 Å². The van der Waals surface area contributed by atoms with Crippen LogP contribution in [0.15, 0.2) is 89.3 Å². The van der Waals surface area contributed by atoms with Crippen LogP contribution in [0.2, 0.25) is 0 Å². The minimum Gasteiger partial charge on any atom is -1.00 e. The molecule has 1 aromatic heterocycles. The normalized spacial score (nSPS) is 10.4. The Kier molecular flexibility index (Phi) is 5.24. The first-order chi connectivity index (χ1) is 12.2. The molecule has 3 heteroatoms. The highest BCUT2D eigenvalue weighted by Gasteiger charge is 2.19. The molecule has 0 saturated heterocycles. The lowest BCUT2D eigenvalue weighted by atomic mass is 9.99. The fourth-order valence-corrected chi connectivity index (χ4v) is 3.06. The van der Waals surface area contributed by atoms with E-state index in [1.165, 1.54) is 16.8 Å². The Balaban J connectivity index is 0.00000196. The fraction of sp³-hybridized carbons (Fsp3) is 0.0870. The van der Waals surface area contributed by atoms with Gasteiger partial charge in [-0.25, -0.2) is 4.42 Å². The van der Waals surface area contributed by atoms with Crippen molar-refractivity contribution in [3.8, 4) is 22.5 Å². The van der Waals surface area contributed by atoms with Crippen LogP contribution in [-0.4, -0.2) is 14.1 Å².